The monoisotopic (exact) mass is 308 g/mol. The molecule has 5 heteroatoms. The Bertz CT molecular complexity index is 701. The van der Waals surface area contributed by atoms with Crippen molar-refractivity contribution in [3.05, 3.63) is 52.3 Å². The van der Waals surface area contributed by atoms with Gasteiger partial charge in [-0.15, -0.1) is 0 Å². The standard InChI is InChI=1S/C16H15ClFNO2/c1-9-14(17)8-13(10(2)20)15(16(9)19-21-3)11-5-4-6-12(18)7-11/h4-8,19H,1-3H3/p+1. The fraction of sp³-hybridized carbons (Fsp3) is 0.188. The molecule has 0 bridgehead atoms. The molecule has 2 aromatic carbocycles. The molecule has 2 aromatic rings. The molecule has 0 amide bonds. The largest absolute Gasteiger partial charge is 0.294 e. The van der Waals surface area contributed by atoms with Gasteiger partial charge >= 0.3 is 0 Å². The van der Waals surface area contributed by atoms with Gasteiger partial charge in [0.1, 0.15) is 5.82 Å². The number of halogens is 2. The van der Waals surface area contributed by atoms with Crippen LogP contribution in [0.25, 0.3) is 11.1 Å². The molecule has 0 radical (unpaired) electrons. The minimum absolute atomic E-state index is 0.137. The van der Waals surface area contributed by atoms with E-state index in [0.717, 1.165) is 5.56 Å². The number of rotatable bonds is 4. The zero-order valence-corrected chi connectivity index (χ0v) is 12.8. The zero-order valence-electron chi connectivity index (χ0n) is 12.0. The second-order valence-electron chi connectivity index (χ2n) is 4.74. The third-order valence-electron chi connectivity index (χ3n) is 3.30. The van der Waals surface area contributed by atoms with Gasteiger partial charge in [-0.1, -0.05) is 23.7 Å². The first-order valence-corrected chi connectivity index (χ1v) is 6.79. The molecular weight excluding hydrogens is 293 g/mol. The molecule has 0 aliphatic heterocycles. The van der Waals surface area contributed by atoms with Crippen LogP contribution in [0, 0.1) is 12.7 Å². The molecule has 0 atom stereocenters. The van der Waals surface area contributed by atoms with Crippen LogP contribution in [0.3, 0.4) is 0 Å². The first-order chi connectivity index (χ1) is 9.95. The van der Waals surface area contributed by atoms with Gasteiger partial charge in [0.2, 0.25) is 0 Å². The molecule has 110 valence electrons. The fourth-order valence-corrected chi connectivity index (χ4v) is 2.48. The third-order valence-corrected chi connectivity index (χ3v) is 3.69. The van der Waals surface area contributed by atoms with Crippen molar-refractivity contribution >= 4 is 23.1 Å². The van der Waals surface area contributed by atoms with Crippen LogP contribution < -0.4 is 5.48 Å². The Morgan fingerprint density at radius 1 is 1.33 bits per heavy atom. The van der Waals surface area contributed by atoms with E-state index in [1.54, 1.807) is 18.2 Å². The van der Waals surface area contributed by atoms with Crippen molar-refractivity contribution in [2.45, 2.75) is 13.8 Å². The van der Waals surface area contributed by atoms with E-state index in [4.69, 9.17) is 16.4 Å². The van der Waals surface area contributed by atoms with Crippen molar-refractivity contribution < 1.29 is 19.5 Å². The highest BCUT2D eigenvalue weighted by molar-refractivity contribution is 6.32. The van der Waals surface area contributed by atoms with E-state index in [2.05, 4.69) is 0 Å². The number of hydrogen-bond acceptors (Lipinski definition) is 2. The summed E-state index contributed by atoms with van der Waals surface area (Å²) < 4.78 is 13.5. The molecule has 0 aromatic heterocycles. The predicted molar refractivity (Wildman–Crippen MR) is 80.2 cm³/mol. The van der Waals surface area contributed by atoms with Crippen molar-refractivity contribution in [2.75, 3.05) is 7.11 Å². The molecule has 0 unspecified atom stereocenters. The van der Waals surface area contributed by atoms with Crippen LogP contribution in [0.15, 0.2) is 30.3 Å². The van der Waals surface area contributed by atoms with Gasteiger partial charge in [-0.3, -0.25) is 4.79 Å². The minimum atomic E-state index is -0.363. The first-order valence-electron chi connectivity index (χ1n) is 6.41. The number of benzene rings is 2. The molecule has 2 rings (SSSR count). The van der Waals surface area contributed by atoms with E-state index in [1.165, 1.54) is 31.6 Å². The fourth-order valence-electron chi connectivity index (χ4n) is 2.27. The van der Waals surface area contributed by atoms with Crippen molar-refractivity contribution in [3.63, 3.8) is 0 Å². The average Bonchev–Trinajstić information content (AvgIpc) is 2.43. The van der Waals surface area contributed by atoms with E-state index in [1.807, 2.05) is 6.92 Å². The molecule has 0 saturated heterocycles. The first kappa shape index (κ1) is 15.6. The molecule has 0 saturated carbocycles. The summed E-state index contributed by atoms with van der Waals surface area (Å²) in [5, 5.41) is 0.476. The molecule has 21 heavy (non-hydrogen) atoms. The van der Waals surface area contributed by atoms with E-state index in [0.29, 0.717) is 27.4 Å². The van der Waals surface area contributed by atoms with E-state index >= 15 is 0 Å². The number of nitrogens with two attached hydrogens (primary N) is 1. The number of carbonyl (C=O) groups is 1. The van der Waals surface area contributed by atoms with Crippen LogP contribution in [0.5, 0.6) is 0 Å². The van der Waals surface area contributed by atoms with Gasteiger partial charge < -0.3 is 0 Å². The van der Waals surface area contributed by atoms with Crippen LogP contribution in [-0.4, -0.2) is 12.9 Å². The van der Waals surface area contributed by atoms with E-state index in [9.17, 15) is 9.18 Å². The molecule has 3 nitrogen and oxygen atoms in total. The topological polar surface area (TPSA) is 42.9 Å². The lowest BCUT2D eigenvalue weighted by molar-refractivity contribution is -0.830. The summed E-state index contributed by atoms with van der Waals surface area (Å²) in [7, 11) is 1.52. The molecule has 0 spiro atoms. The predicted octanol–water partition coefficient (Wildman–Crippen LogP) is 3.41. The van der Waals surface area contributed by atoms with E-state index < -0.39 is 0 Å². The SMILES string of the molecule is CO[NH2+]c1c(C)c(Cl)cc(C(C)=O)c1-c1cccc(F)c1. The van der Waals surface area contributed by atoms with Gasteiger partial charge in [0, 0.05) is 11.1 Å². The highest BCUT2D eigenvalue weighted by Gasteiger charge is 2.22. The van der Waals surface area contributed by atoms with Crippen LogP contribution >= 0.6 is 11.6 Å². The highest BCUT2D eigenvalue weighted by Crippen LogP contribution is 2.36. The number of ketones is 1. The van der Waals surface area contributed by atoms with Gasteiger partial charge in [0.15, 0.2) is 11.5 Å². The molecule has 0 heterocycles. The van der Waals surface area contributed by atoms with Gasteiger partial charge in [0.05, 0.1) is 17.7 Å². The van der Waals surface area contributed by atoms with Crippen molar-refractivity contribution in [3.8, 4) is 11.1 Å². The smallest absolute Gasteiger partial charge is 0.175 e. The normalized spacial score (nSPS) is 10.7. The molecule has 0 fully saturated rings. The average molecular weight is 309 g/mol. The Morgan fingerprint density at radius 2 is 2.05 bits per heavy atom. The lowest BCUT2D eigenvalue weighted by Crippen LogP contribution is -2.76. The van der Waals surface area contributed by atoms with Gasteiger partial charge in [-0.25, -0.2) is 9.23 Å². The van der Waals surface area contributed by atoms with Crippen molar-refractivity contribution in [1.29, 1.82) is 0 Å². The minimum Gasteiger partial charge on any atom is -0.294 e. The summed E-state index contributed by atoms with van der Waals surface area (Å²) in [6.07, 6.45) is 0. The highest BCUT2D eigenvalue weighted by atomic mass is 35.5. The maximum absolute atomic E-state index is 13.5. The summed E-state index contributed by atoms with van der Waals surface area (Å²) in [5.74, 6) is -0.500. The third kappa shape index (κ3) is 3.13. The zero-order chi connectivity index (χ0) is 15.6. The Morgan fingerprint density at radius 3 is 2.62 bits per heavy atom. The van der Waals surface area contributed by atoms with Gasteiger partial charge in [0.25, 0.3) is 0 Å². The molecule has 0 aliphatic carbocycles. The Kier molecular flexibility index (Phi) is 4.73. The maximum Gasteiger partial charge on any atom is 0.175 e. The second-order valence-corrected chi connectivity index (χ2v) is 5.15. The second kappa shape index (κ2) is 6.35. The summed E-state index contributed by atoms with van der Waals surface area (Å²) in [6, 6.07) is 7.73. The van der Waals surface area contributed by atoms with Crippen LogP contribution in [0.1, 0.15) is 22.8 Å². The van der Waals surface area contributed by atoms with Gasteiger partial charge in [-0.05, 0) is 37.6 Å². The summed E-state index contributed by atoms with van der Waals surface area (Å²) in [5.41, 5.74) is 4.67. The van der Waals surface area contributed by atoms with E-state index in [-0.39, 0.29) is 11.6 Å². The lowest BCUT2D eigenvalue weighted by Gasteiger charge is -2.14. The Balaban J connectivity index is 2.82. The molecule has 2 N–H and O–H groups in total. The number of quaternary nitrogens is 1. The Labute approximate surface area is 127 Å². The summed E-state index contributed by atoms with van der Waals surface area (Å²) >= 11 is 6.19. The van der Waals surface area contributed by atoms with Gasteiger partial charge in [-0.2, -0.15) is 5.48 Å². The Hall–Kier alpha value is -1.75. The number of Topliss-reactive ketones (excluding diaryl/α,β-unsaturated/α-hetero) is 1. The summed E-state index contributed by atoms with van der Waals surface area (Å²) in [6.45, 7) is 3.29. The number of carbonyl (C=O) groups excluding carboxylic acids is 1. The van der Waals surface area contributed by atoms with Crippen LogP contribution in [0.2, 0.25) is 5.02 Å². The summed E-state index contributed by atoms with van der Waals surface area (Å²) in [4.78, 5) is 17.0. The van der Waals surface area contributed by atoms with Crippen molar-refractivity contribution in [2.24, 2.45) is 0 Å². The molecule has 0 aliphatic rings. The maximum atomic E-state index is 13.5. The van der Waals surface area contributed by atoms with Crippen LogP contribution in [-0.2, 0) is 4.84 Å². The van der Waals surface area contributed by atoms with Crippen molar-refractivity contribution in [1.82, 2.24) is 0 Å². The quantitative estimate of drug-likeness (QED) is 0.534. The van der Waals surface area contributed by atoms with Crippen LogP contribution in [0.4, 0.5) is 10.1 Å². The lowest BCUT2D eigenvalue weighted by atomic mass is 9.93. The molecular formula is C16H16ClFNO2+. The number of hydrogen-bond donors (Lipinski definition) is 1.